The molecule has 0 unspecified atom stereocenters. The molecule has 0 saturated heterocycles. The topological polar surface area (TPSA) is 38.7 Å². The molecule has 0 saturated carbocycles. The average Bonchev–Trinajstić information content (AvgIpc) is 2.28. The molecule has 1 N–H and O–H groups in total. The second-order valence-corrected chi connectivity index (χ2v) is 3.18. The number of benzene rings is 2. The molecule has 2 rings (SSSR count). The van der Waals surface area contributed by atoms with Crippen LogP contribution in [0.15, 0.2) is 30.3 Å². The Morgan fingerprint density at radius 1 is 1.00 bits per heavy atom. The van der Waals surface area contributed by atoms with Gasteiger partial charge in [-0.1, -0.05) is 18.2 Å². The number of rotatable bonds is 2. The van der Waals surface area contributed by atoms with Gasteiger partial charge in [0.05, 0.1) is 19.6 Å². The number of aromatic hydroxyl groups is 1. The predicted octanol–water partition coefficient (Wildman–Crippen LogP) is 2.56. The molecule has 0 bridgehead atoms. The van der Waals surface area contributed by atoms with Crippen LogP contribution in [0, 0.1) is 0 Å². The van der Waals surface area contributed by atoms with E-state index in [1.807, 2.05) is 24.3 Å². The quantitative estimate of drug-likeness (QED) is 0.817. The van der Waals surface area contributed by atoms with Gasteiger partial charge in [0.2, 0.25) is 0 Å². The van der Waals surface area contributed by atoms with Gasteiger partial charge in [-0.05, 0) is 17.5 Å². The fraction of sp³-hybridized carbons (Fsp3) is 0.167. The second kappa shape index (κ2) is 3.69. The molecule has 0 aliphatic heterocycles. The van der Waals surface area contributed by atoms with Crippen LogP contribution in [0.2, 0.25) is 0 Å². The van der Waals surface area contributed by atoms with Crippen LogP contribution < -0.4 is 9.47 Å². The first-order chi connectivity index (χ1) is 7.27. The SMILES string of the molecule is COc1cccc2ccc(O)c(OC)c12. The first kappa shape index (κ1) is 9.65. The Bertz CT molecular complexity index is 491. The zero-order valence-corrected chi connectivity index (χ0v) is 8.65. The van der Waals surface area contributed by atoms with E-state index < -0.39 is 0 Å². The Morgan fingerprint density at radius 3 is 2.47 bits per heavy atom. The van der Waals surface area contributed by atoms with Gasteiger partial charge in [-0.2, -0.15) is 0 Å². The first-order valence-corrected chi connectivity index (χ1v) is 4.60. The molecule has 0 amide bonds. The number of phenolic OH excluding ortho intramolecular Hbond substituents is 1. The fourth-order valence-electron chi connectivity index (χ4n) is 1.68. The monoisotopic (exact) mass is 204 g/mol. The fourth-order valence-corrected chi connectivity index (χ4v) is 1.68. The van der Waals surface area contributed by atoms with E-state index in [-0.39, 0.29) is 5.75 Å². The Labute approximate surface area is 87.9 Å². The molecule has 3 nitrogen and oxygen atoms in total. The molecule has 0 fully saturated rings. The Kier molecular flexibility index (Phi) is 2.37. The van der Waals surface area contributed by atoms with E-state index in [1.165, 1.54) is 7.11 Å². The summed E-state index contributed by atoms with van der Waals surface area (Å²) in [6.07, 6.45) is 0. The third-order valence-corrected chi connectivity index (χ3v) is 2.36. The van der Waals surface area contributed by atoms with Crippen molar-refractivity contribution in [2.75, 3.05) is 14.2 Å². The minimum absolute atomic E-state index is 0.120. The summed E-state index contributed by atoms with van der Waals surface area (Å²) < 4.78 is 10.4. The van der Waals surface area contributed by atoms with Crippen LogP contribution >= 0.6 is 0 Å². The highest BCUT2D eigenvalue weighted by Gasteiger charge is 2.11. The van der Waals surface area contributed by atoms with E-state index in [4.69, 9.17) is 9.47 Å². The van der Waals surface area contributed by atoms with Crippen molar-refractivity contribution >= 4 is 10.8 Å². The van der Waals surface area contributed by atoms with Gasteiger partial charge in [-0.3, -0.25) is 0 Å². The van der Waals surface area contributed by atoms with Crippen LogP contribution in [0.4, 0.5) is 0 Å². The molecule has 0 atom stereocenters. The summed E-state index contributed by atoms with van der Waals surface area (Å²) in [5.41, 5.74) is 0. The minimum atomic E-state index is 0.120. The van der Waals surface area contributed by atoms with Crippen molar-refractivity contribution in [3.8, 4) is 17.2 Å². The van der Waals surface area contributed by atoms with Crippen molar-refractivity contribution in [2.45, 2.75) is 0 Å². The van der Waals surface area contributed by atoms with Gasteiger partial charge in [0.15, 0.2) is 11.5 Å². The largest absolute Gasteiger partial charge is 0.504 e. The van der Waals surface area contributed by atoms with Crippen LogP contribution in [-0.4, -0.2) is 19.3 Å². The zero-order valence-electron chi connectivity index (χ0n) is 8.65. The summed E-state index contributed by atoms with van der Waals surface area (Å²) in [6, 6.07) is 9.12. The smallest absolute Gasteiger partial charge is 0.172 e. The molecule has 3 heteroatoms. The minimum Gasteiger partial charge on any atom is -0.504 e. The number of methoxy groups -OCH3 is 2. The highest BCUT2D eigenvalue weighted by Crippen LogP contribution is 2.39. The van der Waals surface area contributed by atoms with Crippen LogP contribution in [0.25, 0.3) is 10.8 Å². The summed E-state index contributed by atoms with van der Waals surface area (Å²) >= 11 is 0. The van der Waals surface area contributed by atoms with Crippen molar-refractivity contribution in [3.63, 3.8) is 0 Å². The Morgan fingerprint density at radius 2 is 1.80 bits per heavy atom. The van der Waals surface area contributed by atoms with Gasteiger partial charge in [0, 0.05) is 0 Å². The lowest BCUT2D eigenvalue weighted by Crippen LogP contribution is -1.90. The van der Waals surface area contributed by atoms with E-state index in [0.29, 0.717) is 11.5 Å². The van der Waals surface area contributed by atoms with Crippen LogP contribution in [-0.2, 0) is 0 Å². The molecular weight excluding hydrogens is 192 g/mol. The average molecular weight is 204 g/mol. The van der Waals surface area contributed by atoms with Crippen molar-refractivity contribution in [1.29, 1.82) is 0 Å². The van der Waals surface area contributed by atoms with Crippen molar-refractivity contribution in [1.82, 2.24) is 0 Å². The van der Waals surface area contributed by atoms with Crippen molar-refractivity contribution in [2.24, 2.45) is 0 Å². The Balaban J connectivity index is 2.87. The van der Waals surface area contributed by atoms with Gasteiger partial charge in [0.1, 0.15) is 5.75 Å². The number of hydrogen-bond donors (Lipinski definition) is 1. The van der Waals surface area contributed by atoms with Gasteiger partial charge >= 0.3 is 0 Å². The Hall–Kier alpha value is -1.90. The van der Waals surface area contributed by atoms with Crippen LogP contribution in [0.1, 0.15) is 0 Å². The maximum absolute atomic E-state index is 9.65. The molecular formula is C12H12O3. The molecule has 2 aromatic carbocycles. The molecule has 0 radical (unpaired) electrons. The van der Waals surface area contributed by atoms with Gasteiger partial charge in [-0.15, -0.1) is 0 Å². The van der Waals surface area contributed by atoms with Crippen molar-refractivity contribution in [3.05, 3.63) is 30.3 Å². The standard InChI is InChI=1S/C12H12O3/c1-14-10-5-3-4-8-6-7-9(13)12(15-2)11(8)10/h3-7,13H,1-2H3. The molecule has 15 heavy (non-hydrogen) atoms. The third kappa shape index (κ3) is 1.46. The maximum atomic E-state index is 9.65. The van der Waals surface area contributed by atoms with Gasteiger partial charge < -0.3 is 14.6 Å². The summed E-state index contributed by atoms with van der Waals surface area (Å²) in [7, 11) is 3.12. The lowest BCUT2D eigenvalue weighted by Gasteiger charge is -2.10. The van der Waals surface area contributed by atoms with E-state index in [9.17, 15) is 5.11 Å². The molecule has 0 aliphatic carbocycles. The molecule has 0 spiro atoms. The van der Waals surface area contributed by atoms with E-state index >= 15 is 0 Å². The molecule has 0 aliphatic rings. The normalized spacial score (nSPS) is 10.3. The van der Waals surface area contributed by atoms with E-state index in [0.717, 1.165) is 10.8 Å². The molecule has 78 valence electrons. The first-order valence-electron chi connectivity index (χ1n) is 4.60. The molecule has 2 aromatic rings. The van der Waals surface area contributed by atoms with Gasteiger partial charge in [0.25, 0.3) is 0 Å². The summed E-state index contributed by atoms with van der Waals surface area (Å²) in [6.45, 7) is 0. The number of phenols is 1. The number of hydrogen-bond acceptors (Lipinski definition) is 3. The highest BCUT2D eigenvalue weighted by molar-refractivity contribution is 5.95. The highest BCUT2D eigenvalue weighted by atomic mass is 16.5. The maximum Gasteiger partial charge on any atom is 0.172 e. The lowest BCUT2D eigenvalue weighted by molar-refractivity contribution is 0.374. The number of ether oxygens (including phenoxy) is 2. The number of fused-ring (bicyclic) bond motifs is 1. The zero-order chi connectivity index (χ0) is 10.8. The third-order valence-electron chi connectivity index (χ3n) is 2.36. The molecule has 0 heterocycles. The van der Waals surface area contributed by atoms with E-state index in [2.05, 4.69) is 0 Å². The summed E-state index contributed by atoms with van der Waals surface area (Å²) in [5.74, 6) is 1.26. The van der Waals surface area contributed by atoms with Crippen LogP contribution in [0.3, 0.4) is 0 Å². The second-order valence-electron chi connectivity index (χ2n) is 3.18. The van der Waals surface area contributed by atoms with Gasteiger partial charge in [-0.25, -0.2) is 0 Å². The van der Waals surface area contributed by atoms with Crippen LogP contribution in [0.5, 0.6) is 17.2 Å². The van der Waals surface area contributed by atoms with E-state index in [1.54, 1.807) is 13.2 Å². The summed E-state index contributed by atoms with van der Waals surface area (Å²) in [4.78, 5) is 0. The summed E-state index contributed by atoms with van der Waals surface area (Å²) in [5, 5.41) is 11.4. The lowest BCUT2D eigenvalue weighted by atomic mass is 10.1. The van der Waals surface area contributed by atoms with Crippen molar-refractivity contribution < 1.29 is 14.6 Å². The predicted molar refractivity (Wildman–Crippen MR) is 58.7 cm³/mol. The molecule has 0 aromatic heterocycles.